The maximum absolute atomic E-state index is 9.11. The Morgan fingerprint density at radius 1 is 1.15 bits per heavy atom. The van der Waals surface area contributed by atoms with Crippen molar-refractivity contribution in [3.63, 3.8) is 0 Å². The van der Waals surface area contributed by atoms with Crippen LogP contribution in [-0.4, -0.2) is 26.5 Å². The van der Waals surface area contributed by atoms with Gasteiger partial charge < -0.3 is 24.5 Å². The highest BCUT2D eigenvalue weighted by Gasteiger charge is 2.23. The van der Waals surface area contributed by atoms with Crippen LogP contribution in [0, 0.1) is 11.3 Å². The summed E-state index contributed by atoms with van der Waals surface area (Å²) in [7, 11) is 4.49. The summed E-state index contributed by atoms with van der Waals surface area (Å²) >= 11 is 0. The van der Waals surface area contributed by atoms with Crippen LogP contribution in [-0.2, 0) is 0 Å². The Morgan fingerprint density at radius 2 is 1.85 bits per heavy atom. The second-order valence-electron chi connectivity index (χ2n) is 3.76. The summed E-state index contributed by atoms with van der Waals surface area (Å²) in [5.74, 6) is 1.25. The maximum atomic E-state index is 9.11. The lowest BCUT2D eigenvalue weighted by Crippen LogP contribution is -1.97. The van der Waals surface area contributed by atoms with E-state index in [4.69, 9.17) is 29.7 Å². The van der Waals surface area contributed by atoms with E-state index in [1.165, 1.54) is 21.3 Å². The second kappa shape index (κ2) is 5.40. The molecule has 0 saturated carbocycles. The number of anilines is 1. The molecule has 0 aliphatic rings. The Labute approximate surface area is 115 Å². The van der Waals surface area contributed by atoms with E-state index in [1.807, 2.05) is 6.07 Å². The van der Waals surface area contributed by atoms with Gasteiger partial charge in [-0.15, -0.1) is 0 Å². The summed E-state index contributed by atoms with van der Waals surface area (Å²) in [6.45, 7) is 0. The number of nitrogen functional groups attached to an aromatic ring is 1. The van der Waals surface area contributed by atoms with Crippen molar-refractivity contribution in [1.82, 2.24) is 5.16 Å². The van der Waals surface area contributed by atoms with Gasteiger partial charge in [-0.3, -0.25) is 0 Å². The molecule has 2 rings (SSSR count). The lowest BCUT2D eigenvalue weighted by Gasteiger charge is -2.14. The van der Waals surface area contributed by atoms with Crippen molar-refractivity contribution in [1.29, 1.82) is 5.26 Å². The fraction of sp³-hybridized carbons (Fsp3) is 0.231. The molecular formula is C13H13N3O4. The number of nitrogens with two attached hydrogens (primary N) is 1. The normalized spacial score (nSPS) is 9.90. The molecule has 0 saturated heterocycles. The van der Waals surface area contributed by atoms with Gasteiger partial charge >= 0.3 is 0 Å². The van der Waals surface area contributed by atoms with Crippen molar-refractivity contribution < 1.29 is 18.7 Å². The van der Waals surface area contributed by atoms with Gasteiger partial charge in [-0.25, -0.2) is 0 Å². The molecule has 2 aromatic rings. The quantitative estimate of drug-likeness (QED) is 0.907. The van der Waals surface area contributed by atoms with Crippen molar-refractivity contribution in [3.8, 4) is 34.6 Å². The maximum Gasteiger partial charge on any atom is 0.240 e. The summed E-state index contributed by atoms with van der Waals surface area (Å²) in [6, 6.07) is 5.33. The van der Waals surface area contributed by atoms with E-state index in [9.17, 15) is 0 Å². The van der Waals surface area contributed by atoms with Gasteiger partial charge in [0.05, 0.1) is 26.9 Å². The molecule has 0 aliphatic carbocycles. The minimum atomic E-state index is -0.0423. The molecule has 104 valence electrons. The number of rotatable bonds is 4. The van der Waals surface area contributed by atoms with E-state index in [2.05, 4.69) is 5.16 Å². The zero-order valence-electron chi connectivity index (χ0n) is 11.3. The largest absolute Gasteiger partial charge is 0.493 e. The number of hydrogen-bond acceptors (Lipinski definition) is 7. The van der Waals surface area contributed by atoms with Crippen molar-refractivity contribution in [2.24, 2.45) is 0 Å². The fourth-order valence-corrected chi connectivity index (χ4v) is 1.88. The molecule has 0 atom stereocenters. The molecule has 0 unspecified atom stereocenters. The van der Waals surface area contributed by atoms with Gasteiger partial charge in [-0.05, 0) is 12.1 Å². The summed E-state index contributed by atoms with van der Waals surface area (Å²) in [4.78, 5) is 0. The average molecular weight is 275 g/mol. The van der Waals surface area contributed by atoms with Crippen molar-refractivity contribution in [2.75, 3.05) is 27.1 Å². The summed E-state index contributed by atoms with van der Waals surface area (Å²) in [5, 5.41) is 12.9. The average Bonchev–Trinajstić information content (AvgIpc) is 2.85. The van der Waals surface area contributed by atoms with Gasteiger partial charge in [0.2, 0.25) is 11.6 Å². The third kappa shape index (κ3) is 1.97. The molecule has 7 nitrogen and oxygen atoms in total. The molecule has 1 heterocycles. The van der Waals surface area contributed by atoms with Gasteiger partial charge in [0.15, 0.2) is 11.5 Å². The molecular weight excluding hydrogens is 262 g/mol. The first-order valence-corrected chi connectivity index (χ1v) is 5.62. The number of methoxy groups -OCH3 is 3. The molecule has 0 radical (unpaired) electrons. The topological polar surface area (TPSA) is 104 Å². The van der Waals surface area contributed by atoms with Crippen LogP contribution in [0.5, 0.6) is 17.2 Å². The third-order valence-corrected chi connectivity index (χ3v) is 2.79. The van der Waals surface area contributed by atoms with E-state index in [0.29, 0.717) is 28.5 Å². The minimum absolute atomic E-state index is 0.0423. The number of hydrogen-bond donors (Lipinski definition) is 1. The number of ether oxygens (including phenoxy) is 3. The first kappa shape index (κ1) is 13.5. The summed E-state index contributed by atoms with van der Waals surface area (Å²) in [6.07, 6.45) is 0. The standard InChI is InChI=1S/C13H13N3O4/c1-17-9-5-4-7(11(18-2)12(9)19-3)10-8(6-14)13(15)20-16-10/h4-5H,15H2,1-3H3. The third-order valence-electron chi connectivity index (χ3n) is 2.79. The molecule has 0 fully saturated rings. The Kier molecular flexibility index (Phi) is 3.66. The first-order chi connectivity index (χ1) is 9.67. The number of nitriles is 1. The molecule has 0 spiro atoms. The zero-order chi connectivity index (χ0) is 14.7. The fourth-order valence-electron chi connectivity index (χ4n) is 1.88. The van der Waals surface area contributed by atoms with Crippen LogP contribution in [0.4, 0.5) is 5.88 Å². The Balaban J connectivity index is 2.72. The van der Waals surface area contributed by atoms with Crippen molar-refractivity contribution in [3.05, 3.63) is 17.7 Å². The molecule has 1 aromatic carbocycles. The predicted octanol–water partition coefficient (Wildman–Crippen LogP) is 1.82. The van der Waals surface area contributed by atoms with Gasteiger partial charge in [0, 0.05) is 0 Å². The van der Waals surface area contributed by atoms with E-state index >= 15 is 0 Å². The van der Waals surface area contributed by atoms with Gasteiger partial charge in [-0.2, -0.15) is 5.26 Å². The molecule has 0 amide bonds. The number of aromatic nitrogens is 1. The van der Waals surface area contributed by atoms with Crippen molar-refractivity contribution >= 4 is 5.88 Å². The lowest BCUT2D eigenvalue weighted by atomic mass is 10.1. The highest BCUT2D eigenvalue weighted by atomic mass is 16.5. The Bertz CT molecular complexity index is 673. The molecule has 0 bridgehead atoms. The second-order valence-corrected chi connectivity index (χ2v) is 3.76. The predicted molar refractivity (Wildman–Crippen MR) is 70.7 cm³/mol. The summed E-state index contributed by atoms with van der Waals surface area (Å²) < 4.78 is 20.7. The van der Waals surface area contributed by atoms with E-state index in [1.54, 1.807) is 12.1 Å². The lowest BCUT2D eigenvalue weighted by molar-refractivity contribution is 0.325. The Morgan fingerprint density at radius 3 is 2.40 bits per heavy atom. The van der Waals surface area contributed by atoms with Crippen LogP contribution in [0.2, 0.25) is 0 Å². The van der Waals surface area contributed by atoms with Crippen LogP contribution < -0.4 is 19.9 Å². The smallest absolute Gasteiger partial charge is 0.240 e. The van der Waals surface area contributed by atoms with E-state index in [0.717, 1.165) is 0 Å². The first-order valence-electron chi connectivity index (χ1n) is 5.62. The van der Waals surface area contributed by atoms with Gasteiger partial charge in [0.1, 0.15) is 17.3 Å². The van der Waals surface area contributed by atoms with Crippen molar-refractivity contribution in [2.45, 2.75) is 0 Å². The molecule has 7 heteroatoms. The van der Waals surface area contributed by atoms with Crippen LogP contribution in [0.15, 0.2) is 16.7 Å². The van der Waals surface area contributed by atoms with Crippen LogP contribution >= 0.6 is 0 Å². The van der Waals surface area contributed by atoms with Crippen LogP contribution in [0.3, 0.4) is 0 Å². The van der Waals surface area contributed by atoms with E-state index in [-0.39, 0.29) is 11.4 Å². The highest BCUT2D eigenvalue weighted by molar-refractivity contribution is 5.79. The molecule has 2 N–H and O–H groups in total. The molecule has 0 aliphatic heterocycles. The highest BCUT2D eigenvalue weighted by Crippen LogP contribution is 2.45. The van der Waals surface area contributed by atoms with E-state index < -0.39 is 0 Å². The number of benzene rings is 1. The van der Waals surface area contributed by atoms with Crippen LogP contribution in [0.25, 0.3) is 11.3 Å². The monoisotopic (exact) mass is 275 g/mol. The number of nitrogens with zero attached hydrogens (tertiary/aromatic N) is 2. The molecule has 20 heavy (non-hydrogen) atoms. The Hall–Kier alpha value is -2.88. The van der Waals surface area contributed by atoms with Crippen LogP contribution in [0.1, 0.15) is 5.56 Å². The van der Waals surface area contributed by atoms with Gasteiger partial charge in [0.25, 0.3) is 0 Å². The molecule has 1 aromatic heterocycles. The summed E-state index contributed by atoms with van der Waals surface area (Å²) in [5.41, 5.74) is 6.53. The van der Waals surface area contributed by atoms with Gasteiger partial charge in [-0.1, -0.05) is 5.16 Å². The minimum Gasteiger partial charge on any atom is -0.493 e. The SMILES string of the molecule is COc1ccc(-c2noc(N)c2C#N)c(OC)c1OC. The zero-order valence-corrected chi connectivity index (χ0v) is 11.3.